The Balaban J connectivity index is 1.87. The molecule has 1 atom stereocenters. The Hall–Kier alpha value is -3.28. The zero-order valence-corrected chi connectivity index (χ0v) is 17.8. The molecule has 0 radical (unpaired) electrons. The molecule has 0 aliphatic carbocycles. The van der Waals surface area contributed by atoms with Gasteiger partial charge in [-0.1, -0.05) is 41.4 Å². The molecule has 3 aromatic rings. The van der Waals surface area contributed by atoms with E-state index in [-0.39, 0.29) is 29.2 Å². The fourth-order valence-electron chi connectivity index (χ4n) is 3.14. The summed E-state index contributed by atoms with van der Waals surface area (Å²) >= 11 is -2.23. The summed E-state index contributed by atoms with van der Waals surface area (Å²) in [6, 6.07) is 12.9. The van der Waals surface area contributed by atoms with Gasteiger partial charge >= 0.3 is 6.18 Å². The van der Waals surface area contributed by atoms with Crippen molar-refractivity contribution in [3.05, 3.63) is 99.0 Å². The summed E-state index contributed by atoms with van der Waals surface area (Å²) in [4.78, 5) is 25.6. The lowest BCUT2D eigenvalue weighted by Gasteiger charge is -2.15. The molecule has 3 rings (SSSR count). The summed E-state index contributed by atoms with van der Waals surface area (Å²) in [6.45, 7) is -0.599. The first-order chi connectivity index (χ1) is 15.6. The van der Waals surface area contributed by atoms with Gasteiger partial charge in [-0.2, -0.15) is 13.2 Å². The van der Waals surface area contributed by atoms with Crippen molar-refractivity contribution in [2.45, 2.75) is 25.1 Å². The van der Waals surface area contributed by atoms with Crippen molar-refractivity contribution in [1.29, 1.82) is 0 Å². The van der Waals surface area contributed by atoms with Crippen molar-refractivity contribution in [2.24, 2.45) is 0 Å². The second-order valence-corrected chi connectivity index (χ2v) is 7.93. The van der Waals surface area contributed by atoms with E-state index in [2.05, 4.69) is 5.32 Å². The van der Waals surface area contributed by atoms with Crippen LogP contribution in [0.1, 0.15) is 32.7 Å². The number of carbonyl (C=O) groups is 1. The van der Waals surface area contributed by atoms with Gasteiger partial charge in [-0.25, -0.2) is 0 Å². The van der Waals surface area contributed by atoms with Crippen LogP contribution in [0.3, 0.4) is 0 Å². The van der Waals surface area contributed by atoms with Crippen molar-refractivity contribution in [3.63, 3.8) is 0 Å². The van der Waals surface area contributed by atoms with Crippen molar-refractivity contribution in [2.75, 3.05) is 0 Å². The first kappa shape index (κ1) is 24.4. The number of amides is 1. The minimum atomic E-state index is -4.63. The lowest BCUT2D eigenvalue weighted by atomic mass is 10.1. The Morgan fingerprint density at radius 3 is 2.33 bits per heavy atom. The Kier molecular flexibility index (Phi) is 7.46. The van der Waals surface area contributed by atoms with E-state index in [9.17, 15) is 36.6 Å². The second-order valence-electron chi connectivity index (χ2n) is 7.03. The van der Waals surface area contributed by atoms with Gasteiger partial charge in [-0.15, -0.1) is 0 Å². The number of hydrogen-bond acceptors (Lipinski definition) is 5. The number of rotatable bonds is 7. The van der Waals surface area contributed by atoms with Gasteiger partial charge in [-0.05, 0) is 41.5 Å². The maximum atomic E-state index is 13.1. The highest BCUT2D eigenvalue weighted by molar-refractivity contribution is 7.78. The monoisotopic (exact) mass is 479 g/mol. The number of aliphatic hydroxyl groups excluding tert-OH is 1. The van der Waals surface area contributed by atoms with Crippen LogP contribution in [0.25, 0.3) is 5.69 Å². The number of nitrogens with one attached hydrogen (secondary N) is 1. The van der Waals surface area contributed by atoms with Gasteiger partial charge in [-0.3, -0.25) is 18.4 Å². The average Bonchev–Trinajstić information content (AvgIpc) is 2.77. The van der Waals surface area contributed by atoms with Crippen LogP contribution in [0.4, 0.5) is 13.2 Å². The molecule has 1 unspecified atom stereocenters. The van der Waals surface area contributed by atoms with Crippen molar-refractivity contribution < 1.29 is 31.8 Å². The molecule has 0 spiro atoms. The summed E-state index contributed by atoms with van der Waals surface area (Å²) in [7, 11) is 0. The SMILES string of the molecule is O=C(NCc1ccc(CS(=O)[O-])cc1)c1ccc(CO)n(-c2cccc(C(F)(F)F)c2)c1=O. The van der Waals surface area contributed by atoms with Crippen LogP contribution in [-0.4, -0.2) is 24.3 Å². The maximum Gasteiger partial charge on any atom is 0.416 e. The third-order valence-corrected chi connectivity index (χ3v) is 5.33. The average molecular weight is 479 g/mol. The molecule has 11 heteroatoms. The van der Waals surface area contributed by atoms with Crippen molar-refractivity contribution in [3.8, 4) is 5.69 Å². The first-order valence-electron chi connectivity index (χ1n) is 9.55. The normalized spacial score (nSPS) is 12.4. The van der Waals surface area contributed by atoms with E-state index in [0.29, 0.717) is 11.1 Å². The molecule has 2 aromatic carbocycles. The van der Waals surface area contributed by atoms with E-state index in [0.717, 1.165) is 22.8 Å². The quantitative estimate of drug-likeness (QED) is 0.506. The molecule has 0 saturated carbocycles. The summed E-state index contributed by atoms with van der Waals surface area (Å²) in [5, 5.41) is 12.1. The molecule has 1 aromatic heterocycles. The highest BCUT2D eigenvalue weighted by Gasteiger charge is 2.30. The number of aliphatic hydroxyl groups is 1. The van der Waals surface area contributed by atoms with Gasteiger partial charge in [0.2, 0.25) is 0 Å². The molecule has 0 bridgehead atoms. The largest absolute Gasteiger partial charge is 0.772 e. The minimum absolute atomic E-state index is 0.0159. The molecule has 7 nitrogen and oxygen atoms in total. The lowest BCUT2D eigenvalue weighted by molar-refractivity contribution is -0.137. The zero-order chi connectivity index (χ0) is 24.2. The maximum absolute atomic E-state index is 13.1. The van der Waals surface area contributed by atoms with E-state index < -0.39 is 40.9 Å². The molecule has 2 N–H and O–H groups in total. The van der Waals surface area contributed by atoms with Gasteiger partial charge < -0.3 is 15.0 Å². The summed E-state index contributed by atoms with van der Waals surface area (Å²) < 4.78 is 61.6. The topological polar surface area (TPSA) is 111 Å². The third kappa shape index (κ3) is 5.95. The Labute approximate surface area is 188 Å². The third-order valence-electron chi connectivity index (χ3n) is 4.76. The standard InChI is InChI=1S/C22H19F3N2O5S/c23-22(24,25)16-2-1-3-17(10-16)27-18(12-28)8-9-19(21(27)30)20(29)26-11-14-4-6-15(7-5-14)13-33(31)32/h1-10,28H,11-13H2,(H,26,29)(H,31,32)/p-1. The van der Waals surface area contributed by atoms with Crippen LogP contribution in [-0.2, 0) is 36.2 Å². The number of benzene rings is 2. The molecule has 33 heavy (non-hydrogen) atoms. The summed E-state index contributed by atoms with van der Waals surface area (Å²) in [5.74, 6) is -0.895. The molecular weight excluding hydrogens is 461 g/mol. The molecule has 0 saturated heterocycles. The molecule has 174 valence electrons. The van der Waals surface area contributed by atoms with Gasteiger partial charge in [0.05, 0.1) is 17.9 Å². The van der Waals surface area contributed by atoms with E-state index in [1.54, 1.807) is 24.3 Å². The molecule has 0 fully saturated rings. The van der Waals surface area contributed by atoms with Gasteiger partial charge in [0.15, 0.2) is 0 Å². The number of hydrogen-bond donors (Lipinski definition) is 2. The van der Waals surface area contributed by atoms with Crippen LogP contribution in [0.5, 0.6) is 0 Å². The number of nitrogens with zero attached hydrogens (tertiary/aromatic N) is 1. The summed E-state index contributed by atoms with van der Waals surface area (Å²) in [5.41, 5.74) is -1.08. The van der Waals surface area contributed by atoms with Crippen LogP contribution >= 0.6 is 0 Å². The number of halogens is 3. The Morgan fingerprint density at radius 1 is 1.06 bits per heavy atom. The van der Waals surface area contributed by atoms with Crippen LogP contribution in [0.2, 0.25) is 0 Å². The predicted octanol–water partition coefficient (Wildman–Crippen LogP) is 2.66. The van der Waals surface area contributed by atoms with E-state index in [1.807, 2.05) is 0 Å². The molecule has 1 amide bonds. The fraction of sp³-hybridized carbons (Fsp3) is 0.182. The lowest BCUT2D eigenvalue weighted by Crippen LogP contribution is -2.33. The molecular formula is C22H18F3N2O5S-. The number of alkyl halides is 3. The second kappa shape index (κ2) is 10.1. The highest BCUT2D eigenvalue weighted by atomic mass is 32.2. The number of pyridine rings is 1. The van der Waals surface area contributed by atoms with Gasteiger partial charge in [0.25, 0.3) is 11.5 Å². The molecule has 0 aliphatic rings. The van der Waals surface area contributed by atoms with Gasteiger partial charge in [0, 0.05) is 18.0 Å². The van der Waals surface area contributed by atoms with Crippen LogP contribution in [0.15, 0.2) is 65.5 Å². The number of carbonyl (C=O) groups excluding carboxylic acids is 1. The highest BCUT2D eigenvalue weighted by Crippen LogP contribution is 2.30. The van der Waals surface area contributed by atoms with Crippen LogP contribution in [0, 0.1) is 0 Å². The predicted molar refractivity (Wildman–Crippen MR) is 113 cm³/mol. The Morgan fingerprint density at radius 2 is 1.73 bits per heavy atom. The van der Waals surface area contributed by atoms with Crippen molar-refractivity contribution >= 4 is 17.0 Å². The van der Waals surface area contributed by atoms with E-state index >= 15 is 0 Å². The zero-order valence-electron chi connectivity index (χ0n) is 17.0. The Bertz CT molecular complexity index is 1240. The number of aromatic nitrogens is 1. The summed E-state index contributed by atoms with van der Waals surface area (Å²) in [6.07, 6.45) is -4.63. The molecule has 1 heterocycles. The molecule has 0 aliphatic heterocycles. The fourth-order valence-corrected chi connectivity index (χ4v) is 3.61. The van der Waals surface area contributed by atoms with Crippen LogP contribution < -0.4 is 10.9 Å². The van der Waals surface area contributed by atoms with E-state index in [1.165, 1.54) is 18.2 Å². The smallest absolute Gasteiger partial charge is 0.416 e. The first-order valence-corrected chi connectivity index (χ1v) is 10.8. The van der Waals surface area contributed by atoms with Gasteiger partial charge in [0.1, 0.15) is 5.56 Å². The minimum Gasteiger partial charge on any atom is -0.772 e. The van der Waals surface area contributed by atoms with E-state index in [4.69, 9.17) is 0 Å². The van der Waals surface area contributed by atoms with Crippen molar-refractivity contribution in [1.82, 2.24) is 9.88 Å².